The van der Waals surface area contributed by atoms with Gasteiger partial charge < -0.3 is 4.57 Å². The molecule has 0 spiro atoms. The summed E-state index contributed by atoms with van der Waals surface area (Å²) in [5.74, 6) is 2.00. The Hall–Kier alpha value is -1.04. The van der Waals surface area contributed by atoms with Gasteiger partial charge in [0.1, 0.15) is 5.82 Å². The molecule has 0 saturated heterocycles. The van der Waals surface area contributed by atoms with E-state index in [9.17, 15) is 0 Å². The number of fused-ring (bicyclic) bond motifs is 2. The molecule has 0 unspecified atom stereocenters. The predicted octanol–water partition coefficient (Wildman–Crippen LogP) is 5.16. The first kappa shape index (κ1) is 14.5. The Morgan fingerprint density at radius 3 is 3.00 bits per heavy atom. The summed E-state index contributed by atoms with van der Waals surface area (Å²) in [6, 6.07) is 8.31. The molecule has 6 heteroatoms. The SMILES string of the molecule is Clc1c(CSc2nnc3n2CCCCC3)sc2ccccc12. The Morgan fingerprint density at radius 2 is 2.09 bits per heavy atom. The van der Waals surface area contributed by atoms with Gasteiger partial charge in [-0.3, -0.25) is 0 Å². The summed E-state index contributed by atoms with van der Waals surface area (Å²) in [6.07, 6.45) is 4.79. The van der Waals surface area contributed by atoms with Gasteiger partial charge in [-0.25, -0.2) is 0 Å². The molecule has 2 aromatic heterocycles. The molecule has 4 rings (SSSR count). The topological polar surface area (TPSA) is 30.7 Å². The van der Waals surface area contributed by atoms with Crippen molar-refractivity contribution in [1.82, 2.24) is 14.8 Å². The second-order valence-electron chi connectivity index (χ2n) is 5.49. The number of thioether (sulfide) groups is 1. The quantitative estimate of drug-likeness (QED) is 0.611. The van der Waals surface area contributed by atoms with Crippen molar-refractivity contribution in [3.05, 3.63) is 40.0 Å². The molecule has 114 valence electrons. The first-order valence-corrected chi connectivity index (χ1v) is 9.72. The molecule has 0 N–H and O–H groups in total. The summed E-state index contributed by atoms with van der Waals surface area (Å²) in [5, 5.41) is 11.8. The minimum Gasteiger partial charge on any atom is -0.306 e. The molecule has 1 aliphatic heterocycles. The van der Waals surface area contributed by atoms with Crippen molar-refractivity contribution >= 4 is 44.8 Å². The molecule has 1 aliphatic rings. The van der Waals surface area contributed by atoms with E-state index >= 15 is 0 Å². The predicted molar refractivity (Wildman–Crippen MR) is 94.0 cm³/mol. The molecule has 0 saturated carbocycles. The highest BCUT2D eigenvalue weighted by atomic mass is 35.5. The third kappa shape index (κ3) is 2.66. The standard InChI is InChI=1S/C16H16ClN3S2/c17-15-11-6-3-4-7-12(11)22-13(15)10-21-16-19-18-14-8-2-1-5-9-20(14)16/h3-4,6-7H,1-2,5,8-10H2. The maximum absolute atomic E-state index is 6.52. The Balaban J connectivity index is 1.57. The van der Waals surface area contributed by atoms with Gasteiger partial charge >= 0.3 is 0 Å². The van der Waals surface area contributed by atoms with Crippen molar-refractivity contribution in [2.75, 3.05) is 0 Å². The van der Waals surface area contributed by atoms with Crippen molar-refractivity contribution in [3.63, 3.8) is 0 Å². The molecule has 0 aliphatic carbocycles. The maximum Gasteiger partial charge on any atom is 0.191 e. The van der Waals surface area contributed by atoms with Gasteiger partial charge in [-0.1, -0.05) is 48.0 Å². The van der Waals surface area contributed by atoms with Gasteiger partial charge in [-0.15, -0.1) is 21.5 Å². The number of aromatic nitrogens is 3. The lowest BCUT2D eigenvalue weighted by atomic mass is 10.2. The summed E-state index contributed by atoms with van der Waals surface area (Å²) in [6.45, 7) is 1.05. The molecule has 0 atom stereocenters. The normalized spacial score (nSPS) is 15.0. The molecule has 3 nitrogen and oxygen atoms in total. The number of aryl methyl sites for hydroxylation is 1. The van der Waals surface area contributed by atoms with Crippen molar-refractivity contribution in [1.29, 1.82) is 0 Å². The lowest BCUT2D eigenvalue weighted by Gasteiger charge is -2.05. The van der Waals surface area contributed by atoms with E-state index in [0.29, 0.717) is 0 Å². The van der Waals surface area contributed by atoms with Gasteiger partial charge in [-0.2, -0.15) is 0 Å². The molecule has 0 fully saturated rings. The fourth-order valence-corrected chi connectivity index (χ4v) is 5.50. The molecule has 3 aromatic rings. The monoisotopic (exact) mass is 349 g/mol. The van der Waals surface area contributed by atoms with Crippen LogP contribution in [0.5, 0.6) is 0 Å². The van der Waals surface area contributed by atoms with Crippen molar-refractivity contribution in [2.24, 2.45) is 0 Å². The molecule has 0 radical (unpaired) electrons. The van der Waals surface area contributed by atoms with Crippen LogP contribution in [0.3, 0.4) is 0 Å². The number of thiophene rings is 1. The lowest BCUT2D eigenvalue weighted by Crippen LogP contribution is -2.02. The number of nitrogens with zero attached hydrogens (tertiary/aromatic N) is 3. The van der Waals surface area contributed by atoms with Gasteiger partial charge in [-0.05, 0) is 18.9 Å². The van der Waals surface area contributed by atoms with Crippen LogP contribution in [0.2, 0.25) is 5.02 Å². The Kier molecular flexibility index (Phi) is 4.11. The highest BCUT2D eigenvalue weighted by Crippen LogP contribution is 2.38. The van der Waals surface area contributed by atoms with Gasteiger partial charge in [0.15, 0.2) is 5.16 Å². The van der Waals surface area contributed by atoms with Gasteiger partial charge in [0.05, 0.1) is 5.02 Å². The van der Waals surface area contributed by atoms with Crippen molar-refractivity contribution < 1.29 is 0 Å². The summed E-state index contributed by atoms with van der Waals surface area (Å²) in [4.78, 5) is 1.22. The van der Waals surface area contributed by atoms with E-state index in [4.69, 9.17) is 11.6 Å². The van der Waals surface area contributed by atoms with Crippen LogP contribution in [0.4, 0.5) is 0 Å². The number of benzene rings is 1. The van der Waals surface area contributed by atoms with Crippen LogP contribution < -0.4 is 0 Å². The fraction of sp³-hybridized carbons (Fsp3) is 0.375. The Morgan fingerprint density at radius 1 is 1.18 bits per heavy atom. The average Bonchev–Trinajstić information content (AvgIpc) is 2.97. The van der Waals surface area contributed by atoms with Crippen molar-refractivity contribution in [3.8, 4) is 0 Å². The van der Waals surface area contributed by atoms with Crippen LogP contribution in [0.15, 0.2) is 29.4 Å². The smallest absolute Gasteiger partial charge is 0.191 e. The van der Waals surface area contributed by atoms with E-state index in [0.717, 1.165) is 40.1 Å². The van der Waals surface area contributed by atoms with Gasteiger partial charge in [0.2, 0.25) is 0 Å². The zero-order valence-electron chi connectivity index (χ0n) is 12.1. The minimum absolute atomic E-state index is 0.857. The molecule has 3 heterocycles. The third-order valence-electron chi connectivity index (χ3n) is 4.01. The van der Waals surface area contributed by atoms with Gasteiger partial charge in [0, 0.05) is 33.7 Å². The van der Waals surface area contributed by atoms with Crippen molar-refractivity contribution in [2.45, 2.75) is 43.1 Å². The number of hydrogen-bond acceptors (Lipinski definition) is 4. The number of hydrogen-bond donors (Lipinski definition) is 0. The van der Waals surface area contributed by atoms with Crippen LogP contribution in [-0.4, -0.2) is 14.8 Å². The number of rotatable bonds is 3. The Labute approximate surface area is 142 Å². The summed E-state index contributed by atoms with van der Waals surface area (Å²) in [5.41, 5.74) is 0. The van der Waals surface area contributed by atoms with Crippen LogP contribution in [0.1, 0.15) is 30.0 Å². The summed E-state index contributed by atoms with van der Waals surface area (Å²) < 4.78 is 3.54. The van der Waals surface area contributed by atoms with Crippen LogP contribution >= 0.6 is 34.7 Å². The van der Waals surface area contributed by atoms with Crippen LogP contribution in [0.25, 0.3) is 10.1 Å². The summed E-state index contributed by atoms with van der Waals surface area (Å²) >= 11 is 10.0. The number of halogens is 1. The zero-order valence-corrected chi connectivity index (χ0v) is 14.5. The van der Waals surface area contributed by atoms with E-state index < -0.39 is 0 Å². The largest absolute Gasteiger partial charge is 0.306 e. The molecule has 1 aromatic carbocycles. The molecule has 22 heavy (non-hydrogen) atoms. The average molecular weight is 350 g/mol. The van der Waals surface area contributed by atoms with E-state index in [1.54, 1.807) is 23.1 Å². The minimum atomic E-state index is 0.857. The van der Waals surface area contributed by atoms with Gasteiger partial charge in [0.25, 0.3) is 0 Å². The second-order valence-corrected chi connectivity index (χ2v) is 7.94. The molecule has 0 amide bonds. The van der Waals surface area contributed by atoms with E-state index in [-0.39, 0.29) is 0 Å². The lowest BCUT2D eigenvalue weighted by molar-refractivity contribution is 0.591. The van der Waals surface area contributed by atoms with E-state index in [2.05, 4.69) is 33.0 Å². The van der Waals surface area contributed by atoms with E-state index in [1.165, 1.54) is 28.8 Å². The highest BCUT2D eigenvalue weighted by Gasteiger charge is 2.16. The first-order valence-electron chi connectivity index (χ1n) is 7.54. The van der Waals surface area contributed by atoms with Crippen LogP contribution in [-0.2, 0) is 18.7 Å². The molecular weight excluding hydrogens is 334 g/mol. The Bertz CT molecular complexity index is 809. The summed E-state index contributed by atoms with van der Waals surface area (Å²) in [7, 11) is 0. The fourth-order valence-electron chi connectivity index (χ4n) is 2.85. The van der Waals surface area contributed by atoms with Crippen LogP contribution in [0, 0.1) is 0 Å². The highest BCUT2D eigenvalue weighted by molar-refractivity contribution is 7.98. The first-order chi connectivity index (χ1) is 10.8. The second kappa shape index (κ2) is 6.22. The molecule has 0 bridgehead atoms. The third-order valence-corrected chi connectivity index (χ3v) is 6.90. The molecular formula is C16H16ClN3S2. The maximum atomic E-state index is 6.52. The zero-order chi connectivity index (χ0) is 14.9. The van der Waals surface area contributed by atoms with E-state index in [1.807, 2.05) is 6.07 Å².